The van der Waals surface area contributed by atoms with Crippen molar-refractivity contribution in [1.29, 1.82) is 0 Å². The second-order valence-corrected chi connectivity index (χ2v) is 5.35. The highest BCUT2D eigenvalue weighted by Crippen LogP contribution is 2.22. The van der Waals surface area contributed by atoms with Gasteiger partial charge in [-0.25, -0.2) is 15.8 Å². The van der Waals surface area contributed by atoms with Crippen molar-refractivity contribution in [3.8, 4) is 0 Å². The normalized spacial score (nSPS) is 10.7. The Balaban J connectivity index is 2.25. The molecule has 0 amide bonds. The van der Waals surface area contributed by atoms with Gasteiger partial charge in [0, 0.05) is 18.2 Å². The molecule has 0 saturated carbocycles. The van der Waals surface area contributed by atoms with Gasteiger partial charge in [0.2, 0.25) is 0 Å². The number of anilines is 3. The molecule has 2 rings (SSSR count). The van der Waals surface area contributed by atoms with Gasteiger partial charge in [-0.2, -0.15) is 0 Å². The molecule has 0 bridgehead atoms. The number of nitrogens with two attached hydrogens (primary N) is 1. The van der Waals surface area contributed by atoms with Crippen LogP contribution in [0.25, 0.3) is 0 Å². The van der Waals surface area contributed by atoms with Crippen LogP contribution in [0.1, 0.15) is 44.5 Å². The fourth-order valence-electron chi connectivity index (χ4n) is 2.09. The van der Waals surface area contributed by atoms with E-state index in [0.29, 0.717) is 11.7 Å². The summed E-state index contributed by atoms with van der Waals surface area (Å²) in [6.07, 6.45) is 1.83. The minimum Gasteiger partial charge on any atom is -0.340 e. The van der Waals surface area contributed by atoms with E-state index in [1.807, 2.05) is 12.1 Å². The van der Waals surface area contributed by atoms with Crippen molar-refractivity contribution >= 4 is 17.3 Å². The van der Waals surface area contributed by atoms with Crippen LogP contribution in [0, 0.1) is 0 Å². The van der Waals surface area contributed by atoms with E-state index in [2.05, 4.69) is 53.6 Å². The van der Waals surface area contributed by atoms with Crippen LogP contribution in [-0.2, 0) is 6.42 Å². The third kappa shape index (κ3) is 4.16. The van der Waals surface area contributed by atoms with Gasteiger partial charge in [-0.15, -0.1) is 0 Å². The molecule has 0 fully saturated rings. The van der Waals surface area contributed by atoms with Crippen LogP contribution in [-0.4, -0.2) is 9.97 Å². The smallest absolute Gasteiger partial charge is 0.145 e. The lowest BCUT2D eigenvalue weighted by molar-refractivity contribution is 0.837. The van der Waals surface area contributed by atoms with Crippen molar-refractivity contribution in [2.24, 2.45) is 5.84 Å². The topological polar surface area (TPSA) is 75.9 Å². The number of aromatic nitrogens is 2. The molecule has 5 nitrogen and oxygen atoms in total. The van der Waals surface area contributed by atoms with E-state index in [-0.39, 0.29) is 0 Å². The van der Waals surface area contributed by atoms with E-state index in [1.54, 1.807) is 6.07 Å². The zero-order valence-electron chi connectivity index (χ0n) is 12.9. The molecule has 112 valence electrons. The molecule has 1 aromatic carbocycles. The Morgan fingerprint density at radius 2 is 1.90 bits per heavy atom. The summed E-state index contributed by atoms with van der Waals surface area (Å²) in [5, 5.41) is 3.33. The third-order valence-corrected chi connectivity index (χ3v) is 3.22. The van der Waals surface area contributed by atoms with Gasteiger partial charge in [0.25, 0.3) is 0 Å². The summed E-state index contributed by atoms with van der Waals surface area (Å²) in [4.78, 5) is 8.86. The van der Waals surface area contributed by atoms with Crippen molar-refractivity contribution in [2.75, 3.05) is 10.7 Å². The maximum Gasteiger partial charge on any atom is 0.145 e. The lowest BCUT2D eigenvalue weighted by atomic mass is 10.0. The lowest BCUT2D eigenvalue weighted by Crippen LogP contribution is -2.11. The average molecular weight is 285 g/mol. The molecule has 0 atom stereocenters. The molecule has 0 aliphatic heterocycles. The molecule has 0 aliphatic carbocycles. The average Bonchev–Trinajstić information content (AvgIpc) is 2.47. The Hall–Kier alpha value is -2.14. The molecule has 0 saturated heterocycles. The summed E-state index contributed by atoms with van der Waals surface area (Å²) in [6.45, 7) is 6.46. The van der Waals surface area contributed by atoms with Gasteiger partial charge in [0.1, 0.15) is 17.5 Å². The van der Waals surface area contributed by atoms with Crippen molar-refractivity contribution in [1.82, 2.24) is 9.97 Å². The zero-order chi connectivity index (χ0) is 15.2. The highest BCUT2D eigenvalue weighted by molar-refractivity contribution is 5.60. The first-order chi connectivity index (χ1) is 10.1. The molecule has 0 unspecified atom stereocenters. The number of hydrazine groups is 1. The van der Waals surface area contributed by atoms with Crippen LogP contribution in [0.4, 0.5) is 17.3 Å². The first kappa shape index (κ1) is 15.3. The maximum atomic E-state index is 5.47. The Bertz CT molecular complexity index is 595. The van der Waals surface area contributed by atoms with E-state index >= 15 is 0 Å². The van der Waals surface area contributed by atoms with Crippen LogP contribution >= 0.6 is 0 Å². The Labute approximate surface area is 126 Å². The van der Waals surface area contributed by atoms with Gasteiger partial charge >= 0.3 is 0 Å². The van der Waals surface area contributed by atoms with Crippen LogP contribution in [0.3, 0.4) is 0 Å². The summed E-state index contributed by atoms with van der Waals surface area (Å²) >= 11 is 0. The van der Waals surface area contributed by atoms with Gasteiger partial charge < -0.3 is 10.7 Å². The first-order valence-electron chi connectivity index (χ1n) is 7.34. The van der Waals surface area contributed by atoms with Crippen molar-refractivity contribution in [3.05, 3.63) is 41.7 Å². The molecular weight excluding hydrogens is 262 g/mol. The molecule has 5 heteroatoms. The standard InChI is InChI=1S/C16H23N5/c1-4-6-14-19-15(10-16(20-14)21-17)18-13-8-5-7-12(9-13)11(2)3/h5,7-11H,4,6,17H2,1-3H3,(H2,18,19,20,21). The number of hydrogen-bond acceptors (Lipinski definition) is 5. The maximum absolute atomic E-state index is 5.47. The number of aryl methyl sites for hydroxylation is 1. The van der Waals surface area contributed by atoms with E-state index in [1.165, 1.54) is 5.56 Å². The summed E-state index contributed by atoms with van der Waals surface area (Å²) < 4.78 is 0. The molecule has 21 heavy (non-hydrogen) atoms. The van der Waals surface area contributed by atoms with E-state index in [9.17, 15) is 0 Å². The molecule has 0 radical (unpaired) electrons. The predicted octanol–water partition coefficient (Wildman–Crippen LogP) is 3.58. The molecule has 1 aromatic heterocycles. The van der Waals surface area contributed by atoms with Gasteiger partial charge in [-0.1, -0.05) is 32.9 Å². The summed E-state index contributed by atoms with van der Waals surface area (Å²) in [5.41, 5.74) is 4.90. The second kappa shape index (κ2) is 7.04. The van der Waals surface area contributed by atoms with Crippen molar-refractivity contribution in [3.63, 3.8) is 0 Å². The predicted molar refractivity (Wildman–Crippen MR) is 87.7 cm³/mol. The number of hydrogen-bond donors (Lipinski definition) is 3. The van der Waals surface area contributed by atoms with E-state index < -0.39 is 0 Å². The first-order valence-corrected chi connectivity index (χ1v) is 7.34. The highest BCUT2D eigenvalue weighted by atomic mass is 15.3. The SMILES string of the molecule is CCCc1nc(NN)cc(Nc2cccc(C(C)C)c2)n1. The zero-order valence-corrected chi connectivity index (χ0v) is 12.9. The fraction of sp³-hybridized carbons (Fsp3) is 0.375. The Morgan fingerprint density at radius 1 is 1.14 bits per heavy atom. The van der Waals surface area contributed by atoms with Crippen LogP contribution in [0.5, 0.6) is 0 Å². The summed E-state index contributed by atoms with van der Waals surface area (Å²) in [6, 6.07) is 10.2. The van der Waals surface area contributed by atoms with Gasteiger partial charge in [0.05, 0.1) is 0 Å². The lowest BCUT2D eigenvalue weighted by Gasteiger charge is -2.11. The number of rotatable bonds is 6. The molecule has 4 N–H and O–H groups in total. The molecule has 0 aliphatic rings. The van der Waals surface area contributed by atoms with Crippen molar-refractivity contribution in [2.45, 2.75) is 39.5 Å². The summed E-state index contributed by atoms with van der Waals surface area (Å²) in [7, 11) is 0. The fourth-order valence-corrected chi connectivity index (χ4v) is 2.09. The number of nitrogen functional groups attached to an aromatic ring is 1. The molecule has 1 heterocycles. The van der Waals surface area contributed by atoms with Crippen LogP contribution in [0.2, 0.25) is 0 Å². The Kier molecular flexibility index (Phi) is 5.11. The third-order valence-electron chi connectivity index (χ3n) is 3.22. The van der Waals surface area contributed by atoms with Gasteiger partial charge in [-0.3, -0.25) is 0 Å². The Morgan fingerprint density at radius 3 is 2.57 bits per heavy atom. The minimum atomic E-state index is 0.495. The summed E-state index contributed by atoms with van der Waals surface area (Å²) in [5.74, 6) is 8.13. The quantitative estimate of drug-likeness (QED) is 0.558. The largest absolute Gasteiger partial charge is 0.340 e. The molecule has 2 aromatic rings. The van der Waals surface area contributed by atoms with Crippen LogP contribution in [0.15, 0.2) is 30.3 Å². The number of nitrogens with zero attached hydrogens (tertiary/aromatic N) is 2. The highest BCUT2D eigenvalue weighted by Gasteiger charge is 2.05. The number of nitrogens with one attached hydrogen (secondary N) is 2. The number of benzene rings is 1. The van der Waals surface area contributed by atoms with Crippen molar-refractivity contribution < 1.29 is 0 Å². The van der Waals surface area contributed by atoms with Crippen LogP contribution < -0.4 is 16.6 Å². The van der Waals surface area contributed by atoms with E-state index in [4.69, 9.17) is 5.84 Å². The van der Waals surface area contributed by atoms with E-state index in [0.717, 1.165) is 30.2 Å². The monoisotopic (exact) mass is 285 g/mol. The van der Waals surface area contributed by atoms with Gasteiger partial charge in [0.15, 0.2) is 0 Å². The minimum absolute atomic E-state index is 0.495. The molecule has 0 spiro atoms. The van der Waals surface area contributed by atoms with Gasteiger partial charge in [-0.05, 0) is 30.0 Å². The molecular formula is C16H23N5. The second-order valence-electron chi connectivity index (χ2n) is 5.35.